The van der Waals surface area contributed by atoms with E-state index in [4.69, 9.17) is 10.5 Å². The van der Waals surface area contributed by atoms with Gasteiger partial charge in [0.15, 0.2) is 0 Å². The van der Waals surface area contributed by atoms with Crippen molar-refractivity contribution in [2.75, 3.05) is 13.7 Å². The summed E-state index contributed by atoms with van der Waals surface area (Å²) in [5, 5.41) is 9.71. The zero-order chi connectivity index (χ0) is 17.4. The Labute approximate surface area is 140 Å². The molecule has 2 aromatic rings. The molecule has 0 spiro atoms. The van der Waals surface area contributed by atoms with Crippen LogP contribution in [0.3, 0.4) is 0 Å². The fourth-order valence-corrected chi connectivity index (χ4v) is 4.37. The number of ether oxygens (including phenoxy) is 1. The first kappa shape index (κ1) is 16.6. The minimum Gasteiger partial charge on any atom is -0.481 e. The number of carbonyl (C=O) groups is 2. The van der Waals surface area contributed by atoms with E-state index in [-0.39, 0.29) is 6.54 Å². The molecule has 0 saturated carbocycles. The van der Waals surface area contributed by atoms with Gasteiger partial charge in [-0.2, -0.15) is 0 Å². The van der Waals surface area contributed by atoms with Crippen LogP contribution in [0.4, 0.5) is 0 Å². The van der Waals surface area contributed by atoms with E-state index >= 15 is 0 Å². The third kappa shape index (κ3) is 2.69. The van der Waals surface area contributed by atoms with Crippen molar-refractivity contribution in [3.8, 4) is 0 Å². The molecule has 0 bridgehead atoms. The van der Waals surface area contributed by atoms with Crippen molar-refractivity contribution in [1.29, 1.82) is 0 Å². The number of carbonyl (C=O) groups excluding carboxylic acids is 1. The van der Waals surface area contributed by atoms with Crippen LogP contribution in [0.15, 0.2) is 4.79 Å². The summed E-state index contributed by atoms with van der Waals surface area (Å²) in [6, 6.07) is 0. The number of primary amides is 1. The number of aromatic nitrogens is 2. The predicted octanol–water partition coefficient (Wildman–Crippen LogP) is 0.247. The topological polar surface area (TPSA) is 125 Å². The second-order valence-electron chi connectivity index (χ2n) is 5.68. The lowest BCUT2D eigenvalue weighted by molar-refractivity contribution is -0.138. The lowest BCUT2D eigenvalue weighted by atomic mass is 10.0. The minimum atomic E-state index is -0.947. The van der Waals surface area contributed by atoms with Crippen LogP contribution in [0.5, 0.6) is 0 Å². The molecule has 3 rings (SSSR count). The lowest BCUT2D eigenvalue weighted by Gasteiger charge is -2.12. The molecule has 1 atom stereocenters. The van der Waals surface area contributed by atoms with Crippen LogP contribution in [-0.4, -0.2) is 40.3 Å². The molecule has 0 radical (unpaired) electrons. The van der Waals surface area contributed by atoms with E-state index in [2.05, 4.69) is 4.98 Å². The summed E-state index contributed by atoms with van der Waals surface area (Å²) in [7, 11) is 1.53. The Morgan fingerprint density at radius 3 is 2.88 bits per heavy atom. The number of hydrogen-bond acceptors (Lipinski definition) is 6. The van der Waals surface area contributed by atoms with E-state index in [9.17, 15) is 19.5 Å². The number of carboxylic acid groups (broad SMARTS) is 1. The van der Waals surface area contributed by atoms with Crippen LogP contribution in [0, 0.1) is 0 Å². The van der Waals surface area contributed by atoms with Gasteiger partial charge in [-0.25, -0.2) is 4.98 Å². The average Bonchev–Trinajstić information content (AvgIpc) is 3.06. The number of amides is 1. The van der Waals surface area contributed by atoms with Gasteiger partial charge in [0.2, 0.25) is 5.91 Å². The summed E-state index contributed by atoms with van der Waals surface area (Å²) in [4.78, 5) is 41.6. The van der Waals surface area contributed by atoms with Crippen molar-refractivity contribution in [3.63, 3.8) is 0 Å². The minimum absolute atomic E-state index is 0.289. The standard InChI is InChI=1S/C15H17N3O5S/c1-23-5-4-10-17-13-12(14(20)18(10)6-9(16)19)11-7(15(21)22)2-3-8(11)24-13/h7H,2-6H2,1H3,(H2,16,19)(H,21,22). The molecule has 128 valence electrons. The SMILES string of the molecule is COCCc1nc2sc3c(c2c(=O)n1CC(N)=O)C(C(=O)O)CC3. The van der Waals surface area contributed by atoms with E-state index < -0.39 is 23.4 Å². The first-order valence-electron chi connectivity index (χ1n) is 7.49. The summed E-state index contributed by atoms with van der Waals surface area (Å²) in [5.74, 6) is -1.88. The predicted molar refractivity (Wildman–Crippen MR) is 87.4 cm³/mol. The van der Waals surface area contributed by atoms with Crippen LogP contribution in [0.2, 0.25) is 0 Å². The first-order valence-corrected chi connectivity index (χ1v) is 8.30. The van der Waals surface area contributed by atoms with Crippen molar-refractivity contribution in [2.45, 2.75) is 31.7 Å². The van der Waals surface area contributed by atoms with Gasteiger partial charge < -0.3 is 15.6 Å². The normalized spacial score (nSPS) is 16.5. The molecule has 1 unspecified atom stereocenters. The van der Waals surface area contributed by atoms with Crippen molar-refractivity contribution < 1.29 is 19.4 Å². The van der Waals surface area contributed by atoms with Gasteiger partial charge in [-0.15, -0.1) is 11.3 Å². The molecule has 8 nitrogen and oxygen atoms in total. The first-order chi connectivity index (χ1) is 11.4. The molecule has 9 heteroatoms. The molecule has 1 aliphatic rings. The molecule has 1 amide bonds. The molecule has 2 heterocycles. The Morgan fingerprint density at radius 1 is 1.50 bits per heavy atom. The quantitative estimate of drug-likeness (QED) is 0.768. The van der Waals surface area contributed by atoms with Gasteiger partial charge >= 0.3 is 5.97 Å². The molecule has 24 heavy (non-hydrogen) atoms. The van der Waals surface area contributed by atoms with Crippen molar-refractivity contribution in [3.05, 3.63) is 26.6 Å². The number of hydrogen-bond donors (Lipinski definition) is 2. The molecule has 0 aromatic carbocycles. The van der Waals surface area contributed by atoms with E-state index in [0.29, 0.717) is 47.5 Å². The van der Waals surface area contributed by atoms with Crippen LogP contribution in [0.25, 0.3) is 10.2 Å². The van der Waals surface area contributed by atoms with Crippen molar-refractivity contribution >= 4 is 33.4 Å². The Kier molecular flexibility index (Phi) is 4.37. The van der Waals surface area contributed by atoms with E-state index in [0.717, 1.165) is 4.88 Å². The van der Waals surface area contributed by atoms with Gasteiger partial charge in [-0.1, -0.05) is 0 Å². The zero-order valence-corrected chi connectivity index (χ0v) is 13.9. The summed E-state index contributed by atoms with van der Waals surface area (Å²) >= 11 is 1.35. The highest BCUT2D eigenvalue weighted by atomic mass is 32.1. The number of thiophene rings is 1. The molecule has 0 saturated heterocycles. The fourth-order valence-electron chi connectivity index (χ4n) is 3.12. The van der Waals surface area contributed by atoms with Crippen molar-refractivity contribution in [2.24, 2.45) is 5.73 Å². The summed E-state index contributed by atoms with van der Waals surface area (Å²) < 4.78 is 6.25. The third-order valence-electron chi connectivity index (χ3n) is 4.16. The smallest absolute Gasteiger partial charge is 0.311 e. The highest BCUT2D eigenvalue weighted by Gasteiger charge is 2.34. The second-order valence-corrected chi connectivity index (χ2v) is 6.76. The number of carboxylic acids is 1. The van der Waals surface area contributed by atoms with Gasteiger partial charge in [0.05, 0.1) is 17.9 Å². The largest absolute Gasteiger partial charge is 0.481 e. The number of aryl methyl sites for hydroxylation is 1. The molecule has 2 aromatic heterocycles. The van der Waals surface area contributed by atoms with Crippen LogP contribution < -0.4 is 11.3 Å². The van der Waals surface area contributed by atoms with Crippen molar-refractivity contribution in [1.82, 2.24) is 9.55 Å². The number of methoxy groups -OCH3 is 1. The maximum atomic E-state index is 12.9. The third-order valence-corrected chi connectivity index (χ3v) is 5.31. The van der Waals surface area contributed by atoms with E-state index in [1.165, 1.54) is 23.0 Å². The molecule has 0 aliphatic heterocycles. The van der Waals surface area contributed by atoms with Gasteiger partial charge in [0.25, 0.3) is 5.56 Å². The van der Waals surface area contributed by atoms with Crippen LogP contribution in [-0.2, 0) is 33.7 Å². The molecule has 3 N–H and O–H groups in total. The lowest BCUT2D eigenvalue weighted by Crippen LogP contribution is -2.32. The van der Waals surface area contributed by atoms with E-state index in [1.54, 1.807) is 0 Å². The van der Waals surface area contributed by atoms with Gasteiger partial charge in [0.1, 0.15) is 17.2 Å². The zero-order valence-electron chi connectivity index (χ0n) is 13.1. The Hall–Kier alpha value is -2.26. The summed E-state index contributed by atoms with van der Waals surface area (Å²) in [5.41, 5.74) is 5.39. The maximum absolute atomic E-state index is 12.9. The maximum Gasteiger partial charge on any atom is 0.311 e. The highest BCUT2D eigenvalue weighted by molar-refractivity contribution is 7.18. The fraction of sp³-hybridized carbons (Fsp3) is 0.467. The Balaban J connectivity index is 2.24. The molecule has 0 fully saturated rings. The average molecular weight is 351 g/mol. The summed E-state index contributed by atoms with van der Waals surface area (Å²) in [6.07, 6.45) is 1.46. The monoisotopic (exact) mass is 351 g/mol. The molecular formula is C15H17N3O5S. The number of nitrogens with zero attached hydrogens (tertiary/aromatic N) is 2. The number of aliphatic carboxylic acids is 1. The van der Waals surface area contributed by atoms with E-state index in [1.807, 2.05) is 0 Å². The number of rotatable bonds is 6. The number of nitrogens with two attached hydrogens (primary N) is 1. The Bertz CT molecular complexity index is 885. The second kappa shape index (κ2) is 6.33. The summed E-state index contributed by atoms with van der Waals surface area (Å²) in [6.45, 7) is 0.0583. The van der Waals surface area contributed by atoms with Gasteiger partial charge in [0, 0.05) is 18.4 Å². The van der Waals surface area contributed by atoms with Gasteiger partial charge in [-0.05, 0) is 18.4 Å². The Morgan fingerprint density at radius 2 is 2.25 bits per heavy atom. The van der Waals surface area contributed by atoms with Crippen LogP contribution >= 0.6 is 11.3 Å². The van der Waals surface area contributed by atoms with Crippen LogP contribution in [0.1, 0.15) is 28.6 Å². The molecular weight excluding hydrogens is 334 g/mol. The highest BCUT2D eigenvalue weighted by Crippen LogP contribution is 2.42. The van der Waals surface area contributed by atoms with Gasteiger partial charge in [-0.3, -0.25) is 19.0 Å². The molecule has 1 aliphatic carbocycles. The number of fused-ring (bicyclic) bond motifs is 3.